The fourth-order valence-electron chi connectivity index (χ4n) is 2.01. The van der Waals surface area contributed by atoms with Crippen LogP contribution in [0.4, 0.5) is 23.0 Å². The zero-order valence-electron chi connectivity index (χ0n) is 11.9. The highest BCUT2D eigenvalue weighted by atomic mass is 16.5. The highest BCUT2D eigenvalue weighted by molar-refractivity contribution is 5.63. The van der Waals surface area contributed by atoms with Gasteiger partial charge in [-0.05, 0) is 31.2 Å². The molecule has 0 fully saturated rings. The van der Waals surface area contributed by atoms with Gasteiger partial charge in [-0.2, -0.15) is 0 Å². The van der Waals surface area contributed by atoms with Gasteiger partial charge in [0.1, 0.15) is 29.3 Å². The molecule has 1 N–H and O–H groups in total. The summed E-state index contributed by atoms with van der Waals surface area (Å²) in [6.45, 7) is 1.88. The predicted octanol–water partition coefficient (Wildman–Crippen LogP) is 3.89. The van der Waals surface area contributed by atoms with E-state index in [-0.39, 0.29) is 0 Å². The number of para-hydroxylation sites is 1. The Morgan fingerprint density at radius 3 is 2.57 bits per heavy atom. The van der Waals surface area contributed by atoms with Crippen LogP contribution in [0.25, 0.3) is 0 Å². The molecule has 0 aliphatic rings. The van der Waals surface area contributed by atoms with Crippen molar-refractivity contribution in [2.75, 3.05) is 17.3 Å². The first kappa shape index (κ1) is 13.2. The van der Waals surface area contributed by atoms with E-state index in [9.17, 15) is 0 Å². The number of hydrogen-bond donors (Lipinski definition) is 1. The van der Waals surface area contributed by atoms with Gasteiger partial charge in [0.05, 0.1) is 0 Å². The van der Waals surface area contributed by atoms with Crippen molar-refractivity contribution in [3.05, 3.63) is 60.5 Å². The Balaban J connectivity index is 1.85. The second-order valence-corrected chi connectivity index (χ2v) is 4.71. The fraction of sp³-hybridized carbons (Fsp3) is 0.125. The molecule has 0 aliphatic carbocycles. The smallest absolute Gasteiger partial charge is 0.147 e. The highest BCUT2D eigenvalue weighted by Gasteiger charge is 2.07. The first-order valence-electron chi connectivity index (χ1n) is 6.68. The van der Waals surface area contributed by atoms with E-state index in [1.54, 1.807) is 6.26 Å². The standard InChI is InChI=1S/C16H16N4O/c1-12-14(11-21-19-12)17-15-9-6-10-16(18-15)20(2)13-7-4-3-5-8-13/h3-11H,1-2H3,(H,17,18). The molecule has 1 aromatic carbocycles. The van der Waals surface area contributed by atoms with Crippen LogP contribution in [0.2, 0.25) is 0 Å². The van der Waals surface area contributed by atoms with E-state index < -0.39 is 0 Å². The van der Waals surface area contributed by atoms with Crippen molar-refractivity contribution in [3.8, 4) is 0 Å². The fourth-order valence-corrected chi connectivity index (χ4v) is 2.01. The van der Waals surface area contributed by atoms with Gasteiger partial charge in [-0.1, -0.05) is 29.4 Å². The summed E-state index contributed by atoms with van der Waals surface area (Å²) in [5.41, 5.74) is 2.71. The molecule has 0 aliphatic heterocycles. The third kappa shape index (κ3) is 2.86. The average molecular weight is 280 g/mol. The largest absolute Gasteiger partial charge is 0.362 e. The molecular weight excluding hydrogens is 264 g/mol. The summed E-state index contributed by atoms with van der Waals surface area (Å²) in [6, 6.07) is 16.0. The number of hydrogen-bond acceptors (Lipinski definition) is 5. The normalized spacial score (nSPS) is 10.4. The van der Waals surface area contributed by atoms with Gasteiger partial charge < -0.3 is 14.7 Å². The Bertz CT molecular complexity index is 724. The SMILES string of the molecule is Cc1nocc1Nc1cccc(N(C)c2ccccc2)n1. The molecule has 2 aromatic heterocycles. The molecule has 0 spiro atoms. The minimum Gasteiger partial charge on any atom is -0.362 e. The maximum absolute atomic E-state index is 4.91. The monoisotopic (exact) mass is 280 g/mol. The first-order chi connectivity index (χ1) is 10.2. The predicted molar refractivity (Wildman–Crippen MR) is 83.3 cm³/mol. The van der Waals surface area contributed by atoms with E-state index >= 15 is 0 Å². The van der Waals surface area contributed by atoms with E-state index in [1.165, 1.54) is 0 Å². The van der Waals surface area contributed by atoms with Crippen LogP contribution < -0.4 is 10.2 Å². The number of benzene rings is 1. The summed E-state index contributed by atoms with van der Waals surface area (Å²) in [7, 11) is 1.99. The number of anilines is 4. The van der Waals surface area contributed by atoms with Crippen LogP contribution in [0.1, 0.15) is 5.69 Å². The molecule has 21 heavy (non-hydrogen) atoms. The minimum atomic E-state index is 0.751. The van der Waals surface area contributed by atoms with Crippen LogP contribution >= 0.6 is 0 Å². The molecule has 3 aromatic rings. The van der Waals surface area contributed by atoms with Gasteiger partial charge in [0.2, 0.25) is 0 Å². The van der Waals surface area contributed by atoms with Crippen LogP contribution in [0.3, 0.4) is 0 Å². The molecule has 0 atom stereocenters. The second kappa shape index (κ2) is 5.66. The Morgan fingerprint density at radius 1 is 1.05 bits per heavy atom. The molecule has 0 saturated heterocycles. The topological polar surface area (TPSA) is 54.2 Å². The third-order valence-corrected chi connectivity index (χ3v) is 3.23. The molecule has 106 valence electrons. The van der Waals surface area contributed by atoms with Crippen LogP contribution in [0, 0.1) is 6.92 Å². The van der Waals surface area contributed by atoms with Crippen LogP contribution in [-0.4, -0.2) is 17.2 Å². The summed E-state index contributed by atoms with van der Waals surface area (Å²) >= 11 is 0. The van der Waals surface area contributed by atoms with Crippen molar-refractivity contribution in [2.45, 2.75) is 6.92 Å². The maximum atomic E-state index is 4.91. The maximum Gasteiger partial charge on any atom is 0.147 e. The van der Waals surface area contributed by atoms with Gasteiger partial charge in [-0.15, -0.1) is 0 Å². The van der Waals surface area contributed by atoms with Crippen molar-refractivity contribution in [2.24, 2.45) is 0 Å². The van der Waals surface area contributed by atoms with E-state index in [4.69, 9.17) is 4.52 Å². The number of nitrogens with zero attached hydrogens (tertiary/aromatic N) is 3. The van der Waals surface area contributed by atoms with Gasteiger partial charge in [0, 0.05) is 12.7 Å². The molecule has 5 nitrogen and oxygen atoms in total. The first-order valence-corrected chi connectivity index (χ1v) is 6.68. The van der Waals surface area contributed by atoms with Gasteiger partial charge in [0.15, 0.2) is 0 Å². The lowest BCUT2D eigenvalue weighted by Gasteiger charge is -2.18. The quantitative estimate of drug-likeness (QED) is 0.785. The van der Waals surface area contributed by atoms with Crippen molar-refractivity contribution < 1.29 is 4.52 Å². The van der Waals surface area contributed by atoms with Gasteiger partial charge in [-0.25, -0.2) is 4.98 Å². The molecule has 0 unspecified atom stereocenters. The summed E-state index contributed by atoms with van der Waals surface area (Å²) in [6.07, 6.45) is 1.57. The summed E-state index contributed by atoms with van der Waals surface area (Å²) < 4.78 is 4.91. The summed E-state index contributed by atoms with van der Waals surface area (Å²) in [5.74, 6) is 1.61. The Morgan fingerprint density at radius 2 is 1.86 bits per heavy atom. The number of aromatic nitrogens is 2. The van der Waals surface area contributed by atoms with Crippen LogP contribution in [0.5, 0.6) is 0 Å². The average Bonchev–Trinajstić information content (AvgIpc) is 2.93. The Labute approximate surface area is 123 Å². The summed E-state index contributed by atoms with van der Waals surface area (Å²) in [4.78, 5) is 6.64. The van der Waals surface area contributed by atoms with Crippen molar-refractivity contribution in [1.82, 2.24) is 10.1 Å². The van der Waals surface area contributed by atoms with E-state index in [0.717, 1.165) is 28.7 Å². The molecular formula is C16H16N4O. The molecule has 3 rings (SSSR count). The summed E-state index contributed by atoms with van der Waals surface area (Å²) in [5, 5.41) is 7.05. The highest BCUT2D eigenvalue weighted by Crippen LogP contribution is 2.24. The minimum absolute atomic E-state index is 0.751. The van der Waals surface area contributed by atoms with Crippen molar-refractivity contribution in [3.63, 3.8) is 0 Å². The molecule has 0 saturated carbocycles. The lowest BCUT2D eigenvalue weighted by molar-refractivity contribution is 0.415. The van der Waals surface area contributed by atoms with Crippen molar-refractivity contribution >= 4 is 23.0 Å². The lowest BCUT2D eigenvalue weighted by Crippen LogP contribution is -2.11. The number of nitrogens with one attached hydrogen (secondary N) is 1. The third-order valence-electron chi connectivity index (χ3n) is 3.23. The van der Waals surface area contributed by atoms with Crippen LogP contribution in [-0.2, 0) is 0 Å². The number of aryl methyl sites for hydroxylation is 1. The zero-order valence-corrected chi connectivity index (χ0v) is 11.9. The van der Waals surface area contributed by atoms with Gasteiger partial charge in [0.25, 0.3) is 0 Å². The number of rotatable bonds is 4. The van der Waals surface area contributed by atoms with E-state index in [2.05, 4.69) is 15.5 Å². The Hall–Kier alpha value is -2.82. The zero-order chi connectivity index (χ0) is 14.7. The van der Waals surface area contributed by atoms with Crippen LogP contribution in [0.15, 0.2) is 59.3 Å². The molecule has 0 radical (unpaired) electrons. The molecule has 0 bridgehead atoms. The molecule has 2 heterocycles. The second-order valence-electron chi connectivity index (χ2n) is 4.71. The van der Waals surface area contributed by atoms with Gasteiger partial charge in [-0.3, -0.25) is 0 Å². The van der Waals surface area contributed by atoms with E-state index in [1.807, 2.05) is 67.4 Å². The van der Waals surface area contributed by atoms with Gasteiger partial charge >= 0.3 is 0 Å². The van der Waals surface area contributed by atoms with E-state index in [0.29, 0.717) is 0 Å². The molecule has 0 amide bonds. The Kier molecular flexibility index (Phi) is 3.55. The van der Waals surface area contributed by atoms with Crippen molar-refractivity contribution in [1.29, 1.82) is 0 Å². The lowest BCUT2D eigenvalue weighted by atomic mass is 10.3. The number of pyridine rings is 1. The molecule has 5 heteroatoms.